The van der Waals surface area contributed by atoms with Crippen LogP contribution in [0.2, 0.25) is 0 Å². The lowest BCUT2D eigenvalue weighted by Gasteiger charge is -2.26. The second-order valence-corrected chi connectivity index (χ2v) is 6.57. The van der Waals surface area contributed by atoms with Crippen molar-refractivity contribution in [2.45, 2.75) is 26.1 Å². The summed E-state index contributed by atoms with van der Waals surface area (Å²) >= 11 is 0. The Balaban J connectivity index is 1.94. The van der Waals surface area contributed by atoms with E-state index < -0.39 is 47.9 Å². The summed E-state index contributed by atoms with van der Waals surface area (Å²) in [6, 6.07) is 4.11. The molecular weight excluding hydrogens is 419 g/mol. The number of fused-ring (bicyclic) bond motifs is 1. The molecule has 164 valence electrons. The molecule has 1 aromatic heterocycles. The van der Waals surface area contributed by atoms with Crippen LogP contribution in [-0.2, 0) is 20.4 Å². The number of urea groups is 1. The van der Waals surface area contributed by atoms with Crippen molar-refractivity contribution in [3.63, 3.8) is 0 Å². The number of para-hydroxylation sites is 1. The SMILES string of the molecule is CCOC(=O)C1=C(COC(=O)c2cnc3ccccc3c2C(F)(F)F)NC(=O)NC1C. The second kappa shape index (κ2) is 8.62. The molecule has 2 amide bonds. The number of carbonyl (C=O) groups excluding carboxylic acids is 3. The molecular formula is C20H18F3N3O5. The van der Waals surface area contributed by atoms with E-state index >= 15 is 0 Å². The fraction of sp³-hybridized carbons (Fsp3) is 0.300. The number of rotatable bonds is 5. The highest BCUT2D eigenvalue weighted by atomic mass is 19.4. The van der Waals surface area contributed by atoms with Gasteiger partial charge in [-0.25, -0.2) is 14.4 Å². The third kappa shape index (κ3) is 4.60. The molecule has 0 radical (unpaired) electrons. The highest BCUT2D eigenvalue weighted by molar-refractivity contribution is 5.98. The Morgan fingerprint density at radius 1 is 1.16 bits per heavy atom. The first kappa shape index (κ1) is 22.1. The number of nitrogens with one attached hydrogen (secondary N) is 2. The Labute approximate surface area is 174 Å². The largest absolute Gasteiger partial charge is 0.463 e. The maximum absolute atomic E-state index is 13.7. The lowest BCUT2D eigenvalue weighted by molar-refractivity contribution is -0.139. The fourth-order valence-electron chi connectivity index (χ4n) is 3.21. The van der Waals surface area contributed by atoms with E-state index in [0.29, 0.717) is 0 Å². The number of pyridine rings is 1. The molecule has 1 aromatic carbocycles. The Kier molecular flexibility index (Phi) is 6.14. The summed E-state index contributed by atoms with van der Waals surface area (Å²) in [5.74, 6) is -2.06. The molecule has 0 saturated carbocycles. The van der Waals surface area contributed by atoms with Crippen LogP contribution in [0, 0.1) is 0 Å². The Morgan fingerprint density at radius 2 is 1.87 bits per heavy atom. The molecule has 1 unspecified atom stereocenters. The summed E-state index contributed by atoms with van der Waals surface area (Å²) in [5, 5.41) is 4.54. The predicted octanol–water partition coefficient (Wildman–Crippen LogP) is 2.93. The van der Waals surface area contributed by atoms with Crippen LogP contribution in [0.5, 0.6) is 0 Å². The van der Waals surface area contributed by atoms with Gasteiger partial charge in [-0.1, -0.05) is 18.2 Å². The van der Waals surface area contributed by atoms with Gasteiger partial charge in [0, 0.05) is 11.6 Å². The molecule has 3 rings (SSSR count). The van der Waals surface area contributed by atoms with E-state index in [1.165, 1.54) is 31.2 Å². The standard InChI is InChI=1S/C20H18F3N3O5/c1-3-30-18(28)15-10(2)25-19(29)26-14(15)9-31-17(27)12-8-24-13-7-5-4-6-11(13)16(12)20(21,22)23/h4-8,10H,3,9H2,1-2H3,(H2,25,26,29). The van der Waals surface area contributed by atoms with Crippen molar-refractivity contribution in [2.24, 2.45) is 0 Å². The van der Waals surface area contributed by atoms with Crippen LogP contribution >= 0.6 is 0 Å². The van der Waals surface area contributed by atoms with E-state index in [-0.39, 0.29) is 28.8 Å². The number of hydrogen-bond donors (Lipinski definition) is 2. The molecule has 31 heavy (non-hydrogen) atoms. The van der Waals surface area contributed by atoms with Crippen molar-refractivity contribution in [3.8, 4) is 0 Å². The minimum absolute atomic E-state index is 0.00179. The van der Waals surface area contributed by atoms with E-state index in [0.717, 1.165) is 6.20 Å². The highest BCUT2D eigenvalue weighted by Crippen LogP contribution is 2.37. The Hall–Kier alpha value is -3.63. The van der Waals surface area contributed by atoms with Crippen molar-refractivity contribution < 1.29 is 37.0 Å². The topological polar surface area (TPSA) is 107 Å². The van der Waals surface area contributed by atoms with Crippen LogP contribution in [-0.4, -0.2) is 42.2 Å². The molecule has 1 aliphatic heterocycles. The van der Waals surface area contributed by atoms with Crippen LogP contribution in [0.25, 0.3) is 10.9 Å². The number of halogens is 3. The molecule has 0 bridgehead atoms. The van der Waals surface area contributed by atoms with E-state index in [4.69, 9.17) is 9.47 Å². The van der Waals surface area contributed by atoms with Gasteiger partial charge in [0.1, 0.15) is 6.61 Å². The number of hydrogen-bond acceptors (Lipinski definition) is 6. The summed E-state index contributed by atoms with van der Waals surface area (Å²) in [5.41, 5.74) is -1.96. The van der Waals surface area contributed by atoms with Gasteiger partial charge in [0.05, 0.1) is 40.6 Å². The normalized spacial score (nSPS) is 16.5. The zero-order valence-electron chi connectivity index (χ0n) is 16.5. The van der Waals surface area contributed by atoms with E-state index in [1.807, 2.05) is 0 Å². The number of carbonyl (C=O) groups is 3. The van der Waals surface area contributed by atoms with Crippen LogP contribution < -0.4 is 10.6 Å². The van der Waals surface area contributed by atoms with Crippen molar-refractivity contribution in [1.29, 1.82) is 0 Å². The summed E-state index contributed by atoms with van der Waals surface area (Å²) < 4.78 is 51.1. The molecule has 0 spiro atoms. The fourth-order valence-corrected chi connectivity index (χ4v) is 3.21. The van der Waals surface area contributed by atoms with Crippen LogP contribution in [0.1, 0.15) is 29.8 Å². The number of amides is 2. The zero-order chi connectivity index (χ0) is 22.8. The van der Waals surface area contributed by atoms with Gasteiger partial charge in [-0.05, 0) is 19.9 Å². The number of nitrogens with zero attached hydrogens (tertiary/aromatic N) is 1. The maximum Gasteiger partial charge on any atom is 0.417 e. The van der Waals surface area contributed by atoms with Crippen LogP contribution in [0.15, 0.2) is 41.7 Å². The lowest BCUT2D eigenvalue weighted by atomic mass is 10.0. The number of benzene rings is 1. The molecule has 0 aliphatic carbocycles. The van der Waals surface area contributed by atoms with Gasteiger partial charge in [-0.15, -0.1) is 0 Å². The third-order valence-electron chi connectivity index (χ3n) is 4.49. The van der Waals surface area contributed by atoms with Gasteiger partial charge in [0.2, 0.25) is 0 Å². The zero-order valence-corrected chi connectivity index (χ0v) is 16.5. The highest BCUT2D eigenvalue weighted by Gasteiger charge is 2.38. The first-order valence-electron chi connectivity index (χ1n) is 9.23. The van der Waals surface area contributed by atoms with E-state index in [1.54, 1.807) is 6.92 Å². The van der Waals surface area contributed by atoms with Crippen molar-refractivity contribution in [2.75, 3.05) is 13.2 Å². The molecule has 2 heterocycles. The molecule has 11 heteroatoms. The van der Waals surface area contributed by atoms with Gasteiger partial charge in [0.15, 0.2) is 0 Å². The minimum Gasteiger partial charge on any atom is -0.463 e. The number of esters is 2. The van der Waals surface area contributed by atoms with Gasteiger partial charge >= 0.3 is 24.1 Å². The van der Waals surface area contributed by atoms with Crippen molar-refractivity contribution >= 4 is 28.9 Å². The van der Waals surface area contributed by atoms with Crippen LogP contribution in [0.3, 0.4) is 0 Å². The number of ether oxygens (including phenoxy) is 2. The predicted molar refractivity (Wildman–Crippen MR) is 102 cm³/mol. The number of alkyl halides is 3. The summed E-state index contributed by atoms with van der Waals surface area (Å²) in [4.78, 5) is 40.4. The Bertz CT molecular complexity index is 1080. The smallest absolute Gasteiger partial charge is 0.417 e. The average Bonchev–Trinajstić information content (AvgIpc) is 2.70. The maximum atomic E-state index is 13.7. The van der Waals surface area contributed by atoms with Gasteiger partial charge in [-0.3, -0.25) is 4.98 Å². The minimum atomic E-state index is -4.84. The molecule has 2 aromatic rings. The van der Waals surface area contributed by atoms with Crippen molar-refractivity contribution in [1.82, 2.24) is 15.6 Å². The van der Waals surface area contributed by atoms with Gasteiger partial charge < -0.3 is 20.1 Å². The molecule has 1 aliphatic rings. The summed E-state index contributed by atoms with van der Waals surface area (Å²) in [6.45, 7) is 2.52. The van der Waals surface area contributed by atoms with E-state index in [9.17, 15) is 27.6 Å². The van der Waals surface area contributed by atoms with Crippen LogP contribution in [0.4, 0.5) is 18.0 Å². The van der Waals surface area contributed by atoms with Crippen molar-refractivity contribution in [3.05, 3.63) is 52.9 Å². The first-order chi connectivity index (χ1) is 14.6. The van der Waals surface area contributed by atoms with Gasteiger partial charge in [-0.2, -0.15) is 13.2 Å². The average molecular weight is 437 g/mol. The monoisotopic (exact) mass is 437 g/mol. The first-order valence-corrected chi connectivity index (χ1v) is 9.23. The second-order valence-electron chi connectivity index (χ2n) is 6.57. The Morgan fingerprint density at radius 3 is 2.55 bits per heavy atom. The quantitative estimate of drug-likeness (QED) is 0.697. The molecule has 0 fully saturated rings. The third-order valence-corrected chi connectivity index (χ3v) is 4.49. The summed E-state index contributed by atoms with van der Waals surface area (Å²) in [7, 11) is 0. The molecule has 2 N–H and O–H groups in total. The lowest BCUT2D eigenvalue weighted by Crippen LogP contribution is -2.50. The summed E-state index contributed by atoms with van der Waals surface area (Å²) in [6.07, 6.45) is -4.05. The number of aromatic nitrogens is 1. The molecule has 0 saturated heterocycles. The van der Waals surface area contributed by atoms with E-state index in [2.05, 4.69) is 15.6 Å². The van der Waals surface area contributed by atoms with Gasteiger partial charge in [0.25, 0.3) is 0 Å². The molecule has 1 atom stereocenters. The molecule has 8 nitrogen and oxygen atoms in total.